The molecule has 0 aliphatic rings. The van der Waals surface area contributed by atoms with Gasteiger partial charge in [-0.1, -0.05) is 36.4 Å². The number of benzene rings is 2. The van der Waals surface area contributed by atoms with Crippen molar-refractivity contribution >= 4 is 0 Å². The van der Waals surface area contributed by atoms with E-state index in [4.69, 9.17) is 9.47 Å². The summed E-state index contributed by atoms with van der Waals surface area (Å²) in [4.78, 5) is 0. The number of ether oxygens (including phenoxy) is 2. The minimum atomic E-state index is 0.534. The van der Waals surface area contributed by atoms with Gasteiger partial charge in [0.1, 0.15) is 6.61 Å². The molecule has 2 aromatic rings. The molecule has 0 radical (unpaired) electrons. The molecule has 4 nitrogen and oxygen atoms in total. The Morgan fingerprint density at radius 3 is 2.38 bits per heavy atom. The van der Waals surface area contributed by atoms with Gasteiger partial charge in [-0.25, -0.2) is 0 Å². The molecule has 1 N–H and O–H groups in total. The summed E-state index contributed by atoms with van der Waals surface area (Å²) in [7, 11) is 5.59. The molecule has 4 heteroatoms. The van der Waals surface area contributed by atoms with E-state index in [0.717, 1.165) is 29.2 Å². The van der Waals surface area contributed by atoms with Crippen LogP contribution in [0.5, 0.6) is 11.5 Å². The Labute approximate surface area is 126 Å². The molecule has 2 rings (SSSR count). The van der Waals surface area contributed by atoms with Crippen LogP contribution in [0.1, 0.15) is 11.1 Å². The Balaban J connectivity index is 2.02. The normalized spacial score (nSPS) is 10.7. The Bertz CT molecular complexity index is 556. The minimum Gasteiger partial charge on any atom is -0.493 e. The van der Waals surface area contributed by atoms with Crippen LogP contribution in [-0.2, 0) is 13.2 Å². The fourth-order valence-corrected chi connectivity index (χ4v) is 1.93. The predicted octanol–water partition coefficient (Wildman–Crippen LogP) is 2.84. The molecule has 0 spiro atoms. The number of hydrogen-bond donors (Lipinski definition) is 1. The van der Waals surface area contributed by atoms with Crippen molar-refractivity contribution in [2.45, 2.75) is 13.2 Å². The summed E-state index contributed by atoms with van der Waals surface area (Å²) < 4.78 is 11.3. The lowest BCUT2D eigenvalue weighted by Crippen LogP contribution is -2.29. The van der Waals surface area contributed by atoms with Gasteiger partial charge in [0, 0.05) is 20.6 Å². The summed E-state index contributed by atoms with van der Waals surface area (Å²) in [5.41, 5.74) is 5.51. The predicted molar refractivity (Wildman–Crippen MR) is 84.3 cm³/mol. The Morgan fingerprint density at radius 2 is 1.71 bits per heavy atom. The van der Waals surface area contributed by atoms with Crippen molar-refractivity contribution in [3.8, 4) is 11.5 Å². The van der Waals surface area contributed by atoms with Crippen molar-refractivity contribution < 1.29 is 9.47 Å². The first-order chi connectivity index (χ1) is 10.2. The highest BCUT2D eigenvalue weighted by atomic mass is 16.5. The van der Waals surface area contributed by atoms with Crippen molar-refractivity contribution in [1.29, 1.82) is 0 Å². The van der Waals surface area contributed by atoms with Gasteiger partial charge >= 0.3 is 0 Å². The zero-order chi connectivity index (χ0) is 15.1. The summed E-state index contributed by atoms with van der Waals surface area (Å²) in [5.74, 6) is 1.51. The average Bonchev–Trinajstić information content (AvgIpc) is 2.52. The molecule has 0 aliphatic carbocycles. The number of nitrogens with zero attached hydrogens (tertiary/aromatic N) is 1. The summed E-state index contributed by atoms with van der Waals surface area (Å²) in [6.07, 6.45) is 0. The van der Waals surface area contributed by atoms with E-state index in [0.29, 0.717) is 6.61 Å². The molecule has 0 amide bonds. The largest absolute Gasteiger partial charge is 0.493 e. The first kappa shape index (κ1) is 15.4. The van der Waals surface area contributed by atoms with Gasteiger partial charge in [-0.15, -0.1) is 0 Å². The van der Waals surface area contributed by atoms with Crippen molar-refractivity contribution in [2.75, 3.05) is 21.2 Å². The second kappa shape index (κ2) is 7.67. The van der Waals surface area contributed by atoms with Crippen molar-refractivity contribution in [1.82, 2.24) is 10.4 Å². The topological polar surface area (TPSA) is 33.7 Å². The number of methoxy groups -OCH3 is 1. The van der Waals surface area contributed by atoms with Gasteiger partial charge in [0.05, 0.1) is 7.11 Å². The van der Waals surface area contributed by atoms with Gasteiger partial charge < -0.3 is 9.47 Å². The monoisotopic (exact) mass is 286 g/mol. The van der Waals surface area contributed by atoms with Crippen LogP contribution in [0.15, 0.2) is 48.5 Å². The second-order valence-corrected chi connectivity index (χ2v) is 4.99. The number of rotatable bonds is 7. The summed E-state index contributed by atoms with van der Waals surface area (Å²) in [5, 5.41) is 1.92. The van der Waals surface area contributed by atoms with E-state index < -0.39 is 0 Å². The molecule has 0 aromatic heterocycles. The first-order valence-electron chi connectivity index (χ1n) is 6.93. The van der Waals surface area contributed by atoms with Crippen LogP contribution in [-0.4, -0.2) is 26.2 Å². The van der Waals surface area contributed by atoms with E-state index in [1.807, 2.05) is 67.6 Å². The molecular weight excluding hydrogens is 264 g/mol. The van der Waals surface area contributed by atoms with E-state index in [9.17, 15) is 0 Å². The van der Waals surface area contributed by atoms with Gasteiger partial charge in [0.2, 0.25) is 0 Å². The lowest BCUT2D eigenvalue weighted by molar-refractivity contribution is 0.280. The highest BCUT2D eigenvalue weighted by Gasteiger charge is 2.06. The summed E-state index contributed by atoms with van der Waals surface area (Å²) in [6, 6.07) is 16.1. The third-order valence-electron chi connectivity index (χ3n) is 3.06. The molecule has 21 heavy (non-hydrogen) atoms. The van der Waals surface area contributed by atoms with Gasteiger partial charge in [-0.3, -0.25) is 10.4 Å². The summed E-state index contributed by atoms with van der Waals surface area (Å²) >= 11 is 0. The molecular formula is C17H22N2O2. The SMILES string of the molecule is COc1cc(CNN(C)C)ccc1OCc1ccccc1. The van der Waals surface area contributed by atoms with Crippen LogP contribution in [0.2, 0.25) is 0 Å². The molecule has 0 bridgehead atoms. The van der Waals surface area contributed by atoms with Gasteiger partial charge in [-0.05, 0) is 23.3 Å². The standard InChI is InChI=1S/C17H22N2O2/c1-19(2)18-12-15-9-10-16(17(11-15)20-3)21-13-14-7-5-4-6-8-14/h4-11,18H,12-13H2,1-3H3. The quantitative estimate of drug-likeness (QED) is 0.794. The number of nitrogens with one attached hydrogen (secondary N) is 1. The van der Waals surface area contributed by atoms with Crippen LogP contribution in [0.3, 0.4) is 0 Å². The Morgan fingerprint density at radius 1 is 0.952 bits per heavy atom. The third kappa shape index (κ3) is 4.77. The first-order valence-corrected chi connectivity index (χ1v) is 6.93. The molecule has 0 saturated carbocycles. The Hall–Kier alpha value is -2.04. The van der Waals surface area contributed by atoms with Crippen LogP contribution in [0.25, 0.3) is 0 Å². The van der Waals surface area contributed by atoms with Crippen LogP contribution in [0, 0.1) is 0 Å². The fourth-order valence-electron chi connectivity index (χ4n) is 1.93. The maximum Gasteiger partial charge on any atom is 0.161 e. The van der Waals surface area contributed by atoms with Gasteiger partial charge in [-0.2, -0.15) is 0 Å². The van der Waals surface area contributed by atoms with E-state index in [1.165, 1.54) is 0 Å². The number of hydrogen-bond acceptors (Lipinski definition) is 4. The maximum absolute atomic E-state index is 5.84. The second-order valence-electron chi connectivity index (χ2n) is 4.99. The molecule has 0 saturated heterocycles. The van der Waals surface area contributed by atoms with E-state index in [1.54, 1.807) is 7.11 Å². The van der Waals surface area contributed by atoms with Crippen LogP contribution in [0.4, 0.5) is 0 Å². The van der Waals surface area contributed by atoms with Crippen LogP contribution >= 0.6 is 0 Å². The molecule has 0 aliphatic heterocycles. The molecule has 0 unspecified atom stereocenters. The lowest BCUT2D eigenvalue weighted by atomic mass is 10.2. The highest BCUT2D eigenvalue weighted by molar-refractivity contribution is 5.43. The molecule has 0 heterocycles. The molecule has 0 atom stereocenters. The fraction of sp³-hybridized carbons (Fsp3) is 0.294. The van der Waals surface area contributed by atoms with E-state index in [2.05, 4.69) is 5.43 Å². The molecule has 2 aromatic carbocycles. The zero-order valence-corrected chi connectivity index (χ0v) is 12.8. The average molecular weight is 286 g/mol. The summed E-state index contributed by atoms with van der Waals surface area (Å²) in [6.45, 7) is 1.29. The van der Waals surface area contributed by atoms with Gasteiger partial charge in [0.15, 0.2) is 11.5 Å². The van der Waals surface area contributed by atoms with Crippen molar-refractivity contribution in [3.63, 3.8) is 0 Å². The van der Waals surface area contributed by atoms with Crippen molar-refractivity contribution in [2.24, 2.45) is 0 Å². The smallest absolute Gasteiger partial charge is 0.161 e. The lowest BCUT2D eigenvalue weighted by Gasteiger charge is -2.15. The van der Waals surface area contributed by atoms with Crippen molar-refractivity contribution in [3.05, 3.63) is 59.7 Å². The van der Waals surface area contributed by atoms with Crippen LogP contribution < -0.4 is 14.9 Å². The maximum atomic E-state index is 5.84. The Kier molecular flexibility index (Phi) is 5.60. The molecule has 112 valence electrons. The van der Waals surface area contributed by atoms with E-state index in [-0.39, 0.29) is 0 Å². The van der Waals surface area contributed by atoms with E-state index >= 15 is 0 Å². The number of hydrazine groups is 1. The highest BCUT2D eigenvalue weighted by Crippen LogP contribution is 2.28. The molecule has 0 fully saturated rings. The van der Waals surface area contributed by atoms with Gasteiger partial charge in [0.25, 0.3) is 0 Å². The minimum absolute atomic E-state index is 0.534. The third-order valence-corrected chi connectivity index (χ3v) is 3.06. The zero-order valence-electron chi connectivity index (χ0n) is 12.8.